The summed E-state index contributed by atoms with van der Waals surface area (Å²) in [5.41, 5.74) is 0.522. The first kappa shape index (κ1) is 22.3. The van der Waals surface area contributed by atoms with Gasteiger partial charge in [-0.25, -0.2) is 4.39 Å². The lowest BCUT2D eigenvalue weighted by molar-refractivity contribution is -0.0402. The maximum Gasteiger partial charge on any atom is 0.200 e. The molecule has 1 aliphatic carbocycles. The highest BCUT2D eigenvalue weighted by Crippen LogP contribution is 2.43. The first-order valence-electron chi connectivity index (χ1n) is 11.5. The Morgan fingerprint density at radius 1 is 1.03 bits per heavy atom. The topological polar surface area (TPSA) is 18.5 Å². The monoisotopic (exact) mass is 406 g/mol. The van der Waals surface area contributed by atoms with Crippen LogP contribution < -0.4 is 4.74 Å². The van der Waals surface area contributed by atoms with Gasteiger partial charge in [-0.1, -0.05) is 25.1 Å². The summed E-state index contributed by atoms with van der Waals surface area (Å²) in [5.74, 6) is -0.123. The third-order valence-electron chi connectivity index (χ3n) is 6.71. The van der Waals surface area contributed by atoms with Gasteiger partial charge in [-0.15, -0.1) is 0 Å². The smallest absolute Gasteiger partial charge is 0.200 e. The molecule has 0 N–H and O–H groups in total. The van der Waals surface area contributed by atoms with Crippen molar-refractivity contribution in [3.8, 4) is 5.75 Å². The van der Waals surface area contributed by atoms with Crippen LogP contribution in [0.5, 0.6) is 5.75 Å². The molecule has 0 spiro atoms. The summed E-state index contributed by atoms with van der Waals surface area (Å²) in [7, 11) is 0. The van der Waals surface area contributed by atoms with E-state index in [0.717, 1.165) is 58.0 Å². The molecule has 2 aliphatic rings. The van der Waals surface area contributed by atoms with Crippen molar-refractivity contribution >= 4 is 0 Å². The van der Waals surface area contributed by atoms with E-state index in [2.05, 4.69) is 19.1 Å². The second kappa shape index (κ2) is 11.1. The fourth-order valence-electron chi connectivity index (χ4n) is 4.96. The van der Waals surface area contributed by atoms with Crippen molar-refractivity contribution < 1.29 is 18.3 Å². The molecule has 1 aliphatic heterocycles. The number of benzene rings is 1. The molecule has 1 saturated carbocycles. The van der Waals surface area contributed by atoms with Gasteiger partial charge < -0.3 is 9.47 Å². The highest BCUT2D eigenvalue weighted by molar-refractivity contribution is 5.33. The molecule has 1 aromatic carbocycles. The third kappa shape index (κ3) is 5.81. The van der Waals surface area contributed by atoms with Gasteiger partial charge in [-0.05, 0) is 94.1 Å². The SMILES string of the molecule is C/C=C/CCC1CCC(C2CCC(c3ccc(OCCC)c(F)c3F)CC2)CO1. The van der Waals surface area contributed by atoms with Crippen LogP contribution in [0.4, 0.5) is 8.78 Å². The zero-order valence-electron chi connectivity index (χ0n) is 18.0. The minimum atomic E-state index is -0.831. The number of allylic oxidation sites excluding steroid dienone is 2. The fourth-order valence-corrected chi connectivity index (χ4v) is 4.96. The summed E-state index contributed by atoms with van der Waals surface area (Å²) >= 11 is 0. The Morgan fingerprint density at radius 3 is 2.45 bits per heavy atom. The Labute approximate surface area is 174 Å². The lowest BCUT2D eigenvalue weighted by Crippen LogP contribution is -2.32. The molecule has 162 valence electrons. The predicted octanol–water partition coefficient (Wildman–Crippen LogP) is 7.18. The van der Waals surface area contributed by atoms with E-state index in [1.54, 1.807) is 12.1 Å². The molecule has 4 heteroatoms. The number of ether oxygens (including phenoxy) is 2. The van der Waals surface area contributed by atoms with Gasteiger partial charge in [-0.3, -0.25) is 0 Å². The molecule has 1 saturated heterocycles. The van der Waals surface area contributed by atoms with Crippen LogP contribution in [0.15, 0.2) is 24.3 Å². The van der Waals surface area contributed by atoms with Crippen LogP contribution in [0.2, 0.25) is 0 Å². The lowest BCUT2D eigenvalue weighted by atomic mass is 9.72. The quantitative estimate of drug-likeness (QED) is 0.426. The van der Waals surface area contributed by atoms with Gasteiger partial charge >= 0.3 is 0 Å². The van der Waals surface area contributed by atoms with Gasteiger partial charge in [0.05, 0.1) is 19.3 Å². The molecule has 2 nitrogen and oxygen atoms in total. The van der Waals surface area contributed by atoms with E-state index in [4.69, 9.17) is 9.47 Å². The molecule has 2 atom stereocenters. The highest BCUT2D eigenvalue weighted by Gasteiger charge is 2.33. The molecular weight excluding hydrogens is 370 g/mol. The summed E-state index contributed by atoms with van der Waals surface area (Å²) in [6, 6.07) is 3.33. The Morgan fingerprint density at radius 2 is 1.79 bits per heavy atom. The normalized spacial score (nSPS) is 28.0. The largest absolute Gasteiger partial charge is 0.490 e. The first-order valence-corrected chi connectivity index (χ1v) is 11.5. The second-order valence-electron chi connectivity index (χ2n) is 8.68. The molecule has 0 radical (unpaired) electrons. The van der Waals surface area contributed by atoms with Crippen molar-refractivity contribution in [3.05, 3.63) is 41.5 Å². The molecule has 2 fully saturated rings. The average molecular weight is 407 g/mol. The van der Waals surface area contributed by atoms with Crippen LogP contribution >= 0.6 is 0 Å². The summed E-state index contributed by atoms with van der Waals surface area (Å²) in [6.45, 7) is 5.27. The molecule has 1 aromatic rings. The average Bonchev–Trinajstić information content (AvgIpc) is 2.76. The van der Waals surface area contributed by atoms with Gasteiger partial charge in [0.2, 0.25) is 5.82 Å². The maximum absolute atomic E-state index is 14.6. The van der Waals surface area contributed by atoms with Crippen molar-refractivity contribution in [3.63, 3.8) is 0 Å². The molecule has 29 heavy (non-hydrogen) atoms. The number of hydrogen-bond donors (Lipinski definition) is 0. The van der Waals surface area contributed by atoms with Crippen LogP contribution in [-0.4, -0.2) is 19.3 Å². The number of halogens is 2. The molecule has 3 rings (SSSR count). The Hall–Kier alpha value is -1.42. The van der Waals surface area contributed by atoms with E-state index in [9.17, 15) is 8.78 Å². The summed E-state index contributed by atoms with van der Waals surface area (Å²) in [5, 5.41) is 0. The molecule has 1 heterocycles. The van der Waals surface area contributed by atoms with Gasteiger partial charge in [-0.2, -0.15) is 4.39 Å². The molecular formula is C25H36F2O2. The third-order valence-corrected chi connectivity index (χ3v) is 6.71. The van der Waals surface area contributed by atoms with E-state index < -0.39 is 11.6 Å². The molecule has 0 aromatic heterocycles. The molecule has 2 unspecified atom stereocenters. The number of hydrogen-bond acceptors (Lipinski definition) is 2. The summed E-state index contributed by atoms with van der Waals surface area (Å²) in [6.07, 6.45) is 14.1. The van der Waals surface area contributed by atoms with Crippen LogP contribution in [0.25, 0.3) is 0 Å². The lowest BCUT2D eigenvalue weighted by Gasteiger charge is -2.38. The van der Waals surface area contributed by atoms with E-state index in [1.165, 1.54) is 6.42 Å². The van der Waals surface area contributed by atoms with Crippen LogP contribution in [0.1, 0.15) is 83.1 Å². The van der Waals surface area contributed by atoms with Gasteiger partial charge in [0.1, 0.15) is 0 Å². The molecule has 0 amide bonds. The second-order valence-corrected chi connectivity index (χ2v) is 8.68. The van der Waals surface area contributed by atoms with Gasteiger partial charge in [0.15, 0.2) is 11.6 Å². The Balaban J connectivity index is 1.49. The van der Waals surface area contributed by atoms with Crippen LogP contribution in [0.3, 0.4) is 0 Å². The first-order chi connectivity index (χ1) is 14.1. The fraction of sp³-hybridized carbons (Fsp3) is 0.680. The van der Waals surface area contributed by atoms with Crippen molar-refractivity contribution in [2.75, 3.05) is 13.2 Å². The van der Waals surface area contributed by atoms with E-state index in [1.807, 2.05) is 6.92 Å². The Bertz CT molecular complexity index is 657. The number of rotatable bonds is 8. The van der Waals surface area contributed by atoms with Crippen LogP contribution in [0, 0.1) is 23.5 Å². The molecule has 0 bridgehead atoms. The maximum atomic E-state index is 14.6. The van der Waals surface area contributed by atoms with Crippen molar-refractivity contribution in [2.45, 2.75) is 83.7 Å². The zero-order valence-corrected chi connectivity index (χ0v) is 18.0. The zero-order chi connectivity index (χ0) is 20.6. The standard InChI is InChI=1S/C25H36F2O2/c1-3-5-6-7-21-13-12-20(17-29-21)18-8-10-19(11-9-18)22-14-15-23(28-16-4-2)25(27)24(22)26/h3,5,14-15,18-21H,4,6-13,16-17H2,1-2H3/b5-3+. The highest BCUT2D eigenvalue weighted by atomic mass is 19.2. The van der Waals surface area contributed by atoms with E-state index in [-0.39, 0.29) is 11.7 Å². The predicted molar refractivity (Wildman–Crippen MR) is 113 cm³/mol. The minimum absolute atomic E-state index is 0.0325. The minimum Gasteiger partial charge on any atom is -0.490 e. The van der Waals surface area contributed by atoms with E-state index in [0.29, 0.717) is 30.1 Å². The van der Waals surface area contributed by atoms with Crippen LogP contribution in [-0.2, 0) is 4.74 Å². The van der Waals surface area contributed by atoms with Crippen molar-refractivity contribution in [2.24, 2.45) is 11.8 Å². The van der Waals surface area contributed by atoms with E-state index >= 15 is 0 Å². The Kier molecular flexibility index (Phi) is 8.53. The summed E-state index contributed by atoms with van der Waals surface area (Å²) in [4.78, 5) is 0. The summed E-state index contributed by atoms with van der Waals surface area (Å²) < 4.78 is 40.4. The van der Waals surface area contributed by atoms with Gasteiger partial charge in [0, 0.05) is 0 Å². The van der Waals surface area contributed by atoms with Gasteiger partial charge in [0.25, 0.3) is 0 Å². The van der Waals surface area contributed by atoms with Crippen molar-refractivity contribution in [1.82, 2.24) is 0 Å². The van der Waals surface area contributed by atoms with Crippen molar-refractivity contribution in [1.29, 1.82) is 0 Å².